The Labute approximate surface area is 125 Å². The second-order valence-corrected chi connectivity index (χ2v) is 5.57. The zero-order valence-electron chi connectivity index (χ0n) is 12.4. The Bertz CT molecular complexity index is 508. The van der Waals surface area contributed by atoms with Gasteiger partial charge in [0.05, 0.1) is 0 Å². The van der Waals surface area contributed by atoms with Crippen LogP contribution in [0, 0.1) is 0 Å². The molecule has 5 heteroatoms. The van der Waals surface area contributed by atoms with Gasteiger partial charge in [-0.15, -0.1) is 0 Å². The predicted molar refractivity (Wildman–Crippen MR) is 83.1 cm³/mol. The highest BCUT2D eigenvalue weighted by molar-refractivity contribution is 5.97. The molecule has 0 spiro atoms. The summed E-state index contributed by atoms with van der Waals surface area (Å²) in [5.74, 6) is -0.156. The number of nitrogens with two attached hydrogens (primary N) is 1. The summed E-state index contributed by atoms with van der Waals surface area (Å²) in [6.07, 6.45) is 4.19. The van der Waals surface area contributed by atoms with Crippen LogP contribution in [0.4, 0.5) is 5.69 Å². The molecular formula is C16H23N3O2. The van der Waals surface area contributed by atoms with Gasteiger partial charge in [0.15, 0.2) is 0 Å². The molecule has 114 valence electrons. The number of amides is 2. The Balaban J connectivity index is 1.95. The molecule has 1 aromatic carbocycles. The lowest BCUT2D eigenvalue weighted by atomic mass is 9.91. The first-order valence-corrected chi connectivity index (χ1v) is 7.55. The van der Waals surface area contributed by atoms with E-state index < -0.39 is 0 Å². The van der Waals surface area contributed by atoms with Crippen LogP contribution in [0.1, 0.15) is 49.4 Å². The minimum atomic E-state index is -0.0944. The molecule has 2 amide bonds. The highest BCUT2D eigenvalue weighted by Gasteiger charge is 2.20. The van der Waals surface area contributed by atoms with E-state index in [1.165, 1.54) is 0 Å². The quantitative estimate of drug-likeness (QED) is 0.793. The van der Waals surface area contributed by atoms with E-state index in [-0.39, 0.29) is 23.9 Å². The van der Waals surface area contributed by atoms with Crippen molar-refractivity contribution in [2.75, 3.05) is 5.32 Å². The first-order chi connectivity index (χ1) is 10.1. The molecule has 0 aromatic heterocycles. The number of nitrogens with one attached hydrogen (secondary N) is 2. The molecular weight excluding hydrogens is 266 g/mol. The average molecular weight is 289 g/mol. The van der Waals surface area contributed by atoms with E-state index in [1.54, 1.807) is 31.2 Å². The van der Waals surface area contributed by atoms with Crippen LogP contribution in [-0.4, -0.2) is 23.9 Å². The normalized spacial score (nSPS) is 21.6. The van der Waals surface area contributed by atoms with Crippen LogP contribution in [0.2, 0.25) is 0 Å². The molecule has 1 aromatic rings. The van der Waals surface area contributed by atoms with E-state index in [0.717, 1.165) is 25.7 Å². The molecule has 4 N–H and O–H groups in total. The molecule has 0 atom stereocenters. The topological polar surface area (TPSA) is 84.2 Å². The van der Waals surface area contributed by atoms with Crippen LogP contribution in [0.5, 0.6) is 0 Å². The standard InChI is InChI=1S/C16H23N3O2/c1-2-15(20)18-14-5-3-4-11(10-14)16(21)19-13-8-6-12(17)7-9-13/h3-5,10,12-13H,2,6-9,17H2,1H3,(H,18,20)(H,19,21)/t12-,13-. The first-order valence-electron chi connectivity index (χ1n) is 7.55. The van der Waals surface area contributed by atoms with E-state index >= 15 is 0 Å². The molecule has 0 saturated heterocycles. The lowest BCUT2D eigenvalue weighted by molar-refractivity contribution is -0.115. The Hall–Kier alpha value is -1.88. The highest BCUT2D eigenvalue weighted by atomic mass is 16.2. The maximum atomic E-state index is 12.2. The van der Waals surface area contributed by atoms with Crippen molar-refractivity contribution in [1.29, 1.82) is 0 Å². The molecule has 0 aliphatic heterocycles. The van der Waals surface area contributed by atoms with Crippen molar-refractivity contribution in [3.8, 4) is 0 Å². The summed E-state index contributed by atoms with van der Waals surface area (Å²) in [6.45, 7) is 1.79. The van der Waals surface area contributed by atoms with E-state index in [1.807, 2.05) is 0 Å². The fraction of sp³-hybridized carbons (Fsp3) is 0.500. The number of hydrogen-bond acceptors (Lipinski definition) is 3. The molecule has 0 unspecified atom stereocenters. The fourth-order valence-corrected chi connectivity index (χ4v) is 2.52. The van der Waals surface area contributed by atoms with Crippen LogP contribution in [-0.2, 0) is 4.79 Å². The summed E-state index contributed by atoms with van der Waals surface area (Å²) in [7, 11) is 0. The summed E-state index contributed by atoms with van der Waals surface area (Å²) in [6, 6.07) is 7.49. The number of hydrogen-bond donors (Lipinski definition) is 3. The molecule has 1 aliphatic rings. The van der Waals surface area contributed by atoms with Gasteiger partial charge >= 0.3 is 0 Å². The summed E-state index contributed by atoms with van der Waals surface area (Å²) in [5, 5.41) is 5.80. The third kappa shape index (κ3) is 4.56. The van der Waals surface area contributed by atoms with Crippen LogP contribution in [0.25, 0.3) is 0 Å². The van der Waals surface area contributed by atoms with Gasteiger partial charge in [0.25, 0.3) is 5.91 Å². The smallest absolute Gasteiger partial charge is 0.251 e. The Morgan fingerprint density at radius 3 is 2.62 bits per heavy atom. The number of benzene rings is 1. The maximum absolute atomic E-state index is 12.2. The number of anilines is 1. The van der Waals surface area contributed by atoms with Gasteiger partial charge in [-0.05, 0) is 43.9 Å². The van der Waals surface area contributed by atoms with Crippen LogP contribution < -0.4 is 16.4 Å². The van der Waals surface area contributed by atoms with E-state index in [9.17, 15) is 9.59 Å². The molecule has 5 nitrogen and oxygen atoms in total. The van der Waals surface area contributed by atoms with Gasteiger partial charge < -0.3 is 16.4 Å². The zero-order chi connectivity index (χ0) is 15.2. The highest BCUT2D eigenvalue weighted by Crippen LogP contribution is 2.18. The second kappa shape index (κ2) is 7.22. The molecule has 1 saturated carbocycles. The van der Waals surface area contributed by atoms with Crippen LogP contribution in [0.3, 0.4) is 0 Å². The largest absolute Gasteiger partial charge is 0.349 e. The molecule has 1 aliphatic carbocycles. The summed E-state index contributed by atoms with van der Waals surface area (Å²) >= 11 is 0. The predicted octanol–water partition coefficient (Wildman–Crippen LogP) is 2.03. The Morgan fingerprint density at radius 1 is 1.24 bits per heavy atom. The summed E-state index contributed by atoms with van der Waals surface area (Å²) < 4.78 is 0. The Kier molecular flexibility index (Phi) is 5.33. The Morgan fingerprint density at radius 2 is 1.95 bits per heavy atom. The van der Waals surface area contributed by atoms with E-state index in [2.05, 4.69) is 10.6 Å². The van der Waals surface area contributed by atoms with Crippen molar-refractivity contribution in [2.45, 2.75) is 51.1 Å². The number of rotatable bonds is 4. The van der Waals surface area contributed by atoms with Gasteiger partial charge in [0.2, 0.25) is 5.91 Å². The van der Waals surface area contributed by atoms with Crippen molar-refractivity contribution in [3.63, 3.8) is 0 Å². The third-order valence-electron chi connectivity index (χ3n) is 3.84. The summed E-state index contributed by atoms with van der Waals surface area (Å²) in [4.78, 5) is 23.6. The molecule has 1 fully saturated rings. The minimum absolute atomic E-state index is 0.0613. The van der Waals surface area contributed by atoms with Gasteiger partial charge in [-0.2, -0.15) is 0 Å². The zero-order valence-corrected chi connectivity index (χ0v) is 12.4. The van der Waals surface area contributed by atoms with Gasteiger partial charge in [-0.1, -0.05) is 13.0 Å². The van der Waals surface area contributed by atoms with Crippen LogP contribution in [0.15, 0.2) is 24.3 Å². The van der Waals surface area contributed by atoms with Gasteiger partial charge in [0, 0.05) is 29.8 Å². The van der Waals surface area contributed by atoms with Crippen molar-refractivity contribution >= 4 is 17.5 Å². The first kappa shape index (κ1) is 15.5. The van der Waals surface area contributed by atoms with E-state index in [4.69, 9.17) is 5.73 Å². The molecule has 21 heavy (non-hydrogen) atoms. The van der Waals surface area contributed by atoms with Crippen molar-refractivity contribution in [3.05, 3.63) is 29.8 Å². The van der Waals surface area contributed by atoms with E-state index in [0.29, 0.717) is 17.7 Å². The monoisotopic (exact) mass is 289 g/mol. The second-order valence-electron chi connectivity index (χ2n) is 5.57. The molecule has 0 radical (unpaired) electrons. The van der Waals surface area contributed by atoms with Crippen molar-refractivity contribution in [2.24, 2.45) is 5.73 Å². The van der Waals surface area contributed by atoms with Gasteiger partial charge in [-0.3, -0.25) is 9.59 Å². The SMILES string of the molecule is CCC(=O)Nc1cccc(C(=O)N[C@H]2CC[C@H](N)CC2)c1. The third-order valence-corrected chi connectivity index (χ3v) is 3.84. The molecule has 2 rings (SSSR count). The molecule has 0 heterocycles. The average Bonchev–Trinajstić information content (AvgIpc) is 2.49. The minimum Gasteiger partial charge on any atom is -0.349 e. The maximum Gasteiger partial charge on any atom is 0.251 e. The summed E-state index contributed by atoms with van der Waals surface area (Å²) in [5.41, 5.74) is 7.09. The number of carbonyl (C=O) groups is 2. The lowest BCUT2D eigenvalue weighted by Gasteiger charge is -2.26. The fourth-order valence-electron chi connectivity index (χ4n) is 2.52. The van der Waals surface area contributed by atoms with Gasteiger partial charge in [0.1, 0.15) is 0 Å². The number of carbonyl (C=O) groups excluding carboxylic acids is 2. The van der Waals surface area contributed by atoms with Crippen molar-refractivity contribution < 1.29 is 9.59 Å². The van der Waals surface area contributed by atoms with Gasteiger partial charge in [-0.25, -0.2) is 0 Å². The lowest BCUT2D eigenvalue weighted by Crippen LogP contribution is -2.40. The molecule has 0 bridgehead atoms. The van der Waals surface area contributed by atoms with Crippen LogP contribution >= 0.6 is 0 Å². The van der Waals surface area contributed by atoms with Crippen molar-refractivity contribution in [1.82, 2.24) is 5.32 Å².